The lowest BCUT2D eigenvalue weighted by Crippen LogP contribution is -2.49. The maximum Gasteiger partial charge on any atom is 0.334 e. The summed E-state index contributed by atoms with van der Waals surface area (Å²) in [5.74, 6) is -0.909. The van der Waals surface area contributed by atoms with Crippen molar-refractivity contribution in [3.63, 3.8) is 0 Å². The highest BCUT2D eigenvalue weighted by atomic mass is 16.5. The molecule has 3 rings (SSSR count). The molecule has 1 aliphatic rings. The van der Waals surface area contributed by atoms with E-state index in [0.717, 1.165) is 5.56 Å². The number of aromatic nitrogens is 4. The molecule has 1 saturated heterocycles. The van der Waals surface area contributed by atoms with Crippen molar-refractivity contribution < 1.29 is 19.4 Å². The molecule has 2 heterocycles. The topological polar surface area (TPSA) is 110 Å². The van der Waals surface area contributed by atoms with Crippen molar-refractivity contribution in [3.05, 3.63) is 30.3 Å². The van der Waals surface area contributed by atoms with Crippen LogP contribution in [0.5, 0.6) is 0 Å². The van der Waals surface area contributed by atoms with Gasteiger partial charge < -0.3 is 14.7 Å². The molecule has 9 nitrogen and oxygen atoms in total. The van der Waals surface area contributed by atoms with Gasteiger partial charge in [0.1, 0.15) is 6.54 Å². The molecule has 0 radical (unpaired) electrons. The number of hydrogen-bond donors (Lipinski definition) is 1. The van der Waals surface area contributed by atoms with Crippen molar-refractivity contribution in [1.29, 1.82) is 0 Å². The van der Waals surface area contributed by atoms with Crippen LogP contribution in [0.25, 0.3) is 11.4 Å². The second-order valence-electron chi connectivity index (χ2n) is 5.05. The molecule has 120 valence electrons. The van der Waals surface area contributed by atoms with E-state index < -0.39 is 12.1 Å². The molecular formula is C14H15N5O4. The zero-order valence-electron chi connectivity index (χ0n) is 12.2. The number of nitrogens with zero attached hydrogens (tertiary/aromatic N) is 5. The van der Waals surface area contributed by atoms with Crippen LogP contribution in [0.1, 0.15) is 0 Å². The van der Waals surface area contributed by atoms with Gasteiger partial charge in [0.2, 0.25) is 11.7 Å². The quantitative estimate of drug-likeness (QED) is 0.820. The number of benzene rings is 1. The molecule has 1 atom stereocenters. The molecule has 0 saturated carbocycles. The Bertz CT molecular complexity index is 702. The second kappa shape index (κ2) is 6.53. The predicted octanol–water partition coefficient (Wildman–Crippen LogP) is -0.348. The zero-order chi connectivity index (χ0) is 16.2. The van der Waals surface area contributed by atoms with Gasteiger partial charge in [0, 0.05) is 12.1 Å². The fraction of sp³-hybridized carbons (Fsp3) is 0.357. The lowest BCUT2D eigenvalue weighted by Gasteiger charge is -2.30. The van der Waals surface area contributed by atoms with Crippen molar-refractivity contribution in [2.45, 2.75) is 12.6 Å². The van der Waals surface area contributed by atoms with Crippen LogP contribution in [0, 0.1) is 0 Å². The number of tetrazole rings is 1. The Hall–Kier alpha value is -2.81. The first-order valence-electron chi connectivity index (χ1n) is 7.09. The van der Waals surface area contributed by atoms with E-state index in [4.69, 9.17) is 9.84 Å². The van der Waals surface area contributed by atoms with Gasteiger partial charge in [-0.1, -0.05) is 30.3 Å². The van der Waals surface area contributed by atoms with Crippen molar-refractivity contribution in [2.75, 3.05) is 19.7 Å². The normalized spacial score (nSPS) is 17.9. The number of carbonyl (C=O) groups excluding carboxylic acids is 1. The molecule has 2 aromatic rings. The summed E-state index contributed by atoms with van der Waals surface area (Å²) in [4.78, 5) is 25.8. The van der Waals surface area contributed by atoms with E-state index in [1.165, 1.54) is 9.70 Å². The van der Waals surface area contributed by atoms with Gasteiger partial charge in [-0.05, 0) is 5.21 Å². The number of carbonyl (C=O) groups is 2. The van der Waals surface area contributed by atoms with Crippen LogP contribution in [0.3, 0.4) is 0 Å². The maximum absolute atomic E-state index is 12.2. The Kier molecular flexibility index (Phi) is 4.29. The smallest absolute Gasteiger partial charge is 0.334 e. The summed E-state index contributed by atoms with van der Waals surface area (Å²) in [7, 11) is 0. The van der Waals surface area contributed by atoms with Crippen LogP contribution in [0.2, 0.25) is 0 Å². The molecule has 9 heteroatoms. The molecular weight excluding hydrogens is 302 g/mol. The van der Waals surface area contributed by atoms with E-state index in [9.17, 15) is 9.59 Å². The highest BCUT2D eigenvalue weighted by Gasteiger charge is 2.29. The van der Waals surface area contributed by atoms with Gasteiger partial charge in [-0.15, -0.1) is 10.2 Å². The first kappa shape index (κ1) is 15.1. The Morgan fingerprint density at radius 2 is 2.09 bits per heavy atom. The van der Waals surface area contributed by atoms with Gasteiger partial charge in [-0.2, -0.15) is 4.80 Å². The first-order chi connectivity index (χ1) is 11.1. The van der Waals surface area contributed by atoms with E-state index in [0.29, 0.717) is 12.4 Å². The molecule has 0 unspecified atom stereocenters. The van der Waals surface area contributed by atoms with Crippen molar-refractivity contribution in [2.24, 2.45) is 0 Å². The second-order valence-corrected chi connectivity index (χ2v) is 5.05. The number of carboxylic acid groups (broad SMARTS) is 1. The number of hydrogen-bond acceptors (Lipinski definition) is 6. The van der Waals surface area contributed by atoms with E-state index in [1.54, 1.807) is 0 Å². The molecule has 1 aliphatic heterocycles. The molecule has 1 N–H and O–H groups in total. The fourth-order valence-electron chi connectivity index (χ4n) is 2.26. The van der Waals surface area contributed by atoms with Gasteiger partial charge in [0.05, 0.1) is 13.2 Å². The molecule has 1 amide bonds. The number of aliphatic carboxylic acids is 1. The Labute approximate surface area is 131 Å². The molecule has 1 aromatic carbocycles. The Morgan fingerprint density at radius 3 is 2.83 bits per heavy atom. The summed E-state index contributed by atoms with van der Waals surface area (Å²) in [5.41, 5.74) is 0.809. The molecule has 0 spiro atoms. The highest BCUT2D eigenvalue weighted by molar-refractivity contribution is 5.78. The fourth-order valence-corrected chi connectivity index (χ4v) is 2.26. The molecule has 0 bridgehead atoms. The molecule has 0 aliphatic carbocycles. The first-order valence-corrected chi connectivity index (χ1v) is 7.09. The van der Waals surface area contributed by atoms with Crippen LogP contribution in [0.15, 0.2) is 30.3 Å². The minimum Gasteiger partial charge on any atom is -0.479 e. The number of ether oxygens (including phenoxy) is 1. The summed E-state index contributed by atoms with van der Waals surface area (Å²) in [6, 6.07) is 9.31. The van der Waals surface area contributed by atoms with Gasteiger partial charge >= 0.3 is 5.97 Å². The number of rotatable bonds is 4. The summed E-state index contributed by atoms with van der Waals surface area (Å²) in [6.07, 6.45) is -0.990. The van der Waals surface area contributed by atoms with Crippen molar-refractivity contribution >= 4 is 11.9 Å². The van der Waals surface area contributed by atoms with Crippen LogP contribution >= 0.6 is 0 Å². The van der Waals surface area contributed by atoms with Crippen LogP contribution < -0.4 is 0 Å². The third-order valence-corrected chi connectivity index (χ3v) is 3.46. The monoisotopic (exact) mass is 317 g/mol. The van der Waals surface area contributed by atoms with E-state index in [2.05, 4.69) is 15.4 Å². The van der Waals surface area contributed by atoms with E-state index >= 15 is 0 Å². The average molecular weight is 317 g/mol. The minimum atomic E-state index is -1.08. The number of amides is 1. The lowest BCUT2D eigenvalue weighted by atomic mass is 10.2. The molecule has 1 aromatic heterocycles. The van der Waals surface area contributed by atoms with E-state index in [-0.39, 0.29) is 25.6 Å². The minimum absolute atomic E-state index is 0.0222. The summed E-state index contributed by atoms with van der Waals surface area (Å²) < 4.78 is 5.09. The van der Waals surface area contributed by atoms with Crippen LogP contribution in [-0.4, -0.2) is 67.9 Å². The van der Waals surface area contributed by atoms with E-state index in [1.807, 2.05) is 30.3 Å². The van der Waals surface area contributed by atoms with Crippen molar-refractivity contribution in [3.8, 4) is 11.4 Å². The van der Waals surface area contributed by atoms with Gasteiger partial charge in [-0.25, -0.2) is 4.79 Å². The van der Waals surface area contributed by atoms with Gasteiger partial charge in [0.25, 0.3) is 0 Å². The van der Waals surface area contributed by atoms with Crippen LogP contribution in [-0.2, 0) is 20.9 Å². The summed E-state index contributed by atoms with van der Waals surface area (Å²) >= 11 is 0. The third-order valence-electron chi connectivity index (χ3n) is 3.46. The third kappa shape index (κ3) is 3.51. The zero-order valence-corrected chi connectivity index (χ0v) is 12.2. The predicted molar refractivity (Wildman–Crippen MR) is 77.2 cm³/mol. The lowest BCUT2D eigenvalue weighted by molar-refractivity contribution is -0.159. The maximum atomic E-state index is 12.2. The highest BCUT2D eigenvalue weighted by Crippen LogP contribution is 2.12. The summed E-state index contributed by atoms with van der Waals surface area (Å²) in [5, 5.41) is 20.9. The Morgan fingerprint density at radius 1 is 1.30 bits per heavy atom. The number of morpholine rings is 1. The number of carboxylic acids is 1. The molecule has 1 fully saturated rings. The largest absolute Gasteiger partial charge is 0.479 e. The Balaban J connectivity index is 1.64. The van der Waals surface area contributed by atoms with Gasteiger partial charge in [0.15, 0.2) is 6.10 Å². The van der Waals surface area contributed by atoms with Gasteiger partial charge in [-0.3, -0.25) is 4.79 Å². The van der Waals surface area contributed by atoms with Crippen molar-refractivity contribution in [1.82, 2.24) is 25.1 Å². The van der Waals surface area contributed by atoms with Crippen LogP contribution in [0.4, 0.5) is 0 Å². The standard InChI is InChI=1S/C14H15N5O4/c20-12(18-6-7-23-11(8-18)14(21)22)9-19-16-13(15-17-19)10-4-2-1-3-5-10/h1-5,11H,6-9H2,(H,21,22)/t11-/m0/s1. The molecule has 23 heavy (non-hydrogen) atoms. The average Bonchev–Trinajstić information content (AvgIpc) is 3.04. The summed E-state index contributed by atoms with van der Waals surface area (Å²) in [6.45, 7) is 0.478. The SMILES string of the molecule is O=C(O)[C@@H]1CN(C(=O)Cn2nnc(-c3ccccc3)n2)CCO1.